The van der Waals surface area contributed by atoms with Crippen molar-refractivity contribution in [3.8, 4) is 5.75 Å². The highest BCUT2D eigenvalue weighted by Crippen LogP contribution is 2.50. The molecule has 2 aliphatic heterocycles. The summed E-state index contributed by atoms with van der Waals surface area (Å²) in [6.45, 7) is 2.28. The number of carboxylic acids is 1. The molecule has 0 bridgehead atoms. The van der Waals surface area contributed by atoms with Gasteiger partial charge in [-0.1, -0.05) is 34.0 Å². The minimum atomic E-state index is -1.06. The van der Waals surface area contributed by atoms with Crippen molar-refractivity contribution in [2.45, 2.75) is 64.3 Å². The summed E-state index contributed by atoms with van der Waals surface area (Å²) in [4.78, 5) is 43.7. The van der Waals surface area contributed by atoms with Gasteiger partial charge in [0.05, 0.1) is 23.6 Å². The number of pyridine rings is 1. The van der Waals surface area contributed by atoms with Crippen LogP contribution in [-0.2, 0) is 19.0 Å². The van der Waals surface area contributed by atoms with Crippen molar-refractivity contribution >= 4 is 52.5 Å². The number of halogens is 1. The maximum atomic E-state index is 13.6. The van der Waals surface area contributed by atoms with Crippen LogP contribution in [0.2, 0.25) is 6.32 Å². The first kappa shape index (κ1) is 31.2. The number of fused-ring (bicyclic) bond motifs is 3. The van der Waals surface area contributed by atoms with Crippen molar-refractivity contribution < 1.29 is 34.3 Å². The number of carboxylic acid groups (broad SMARTS) is 1. The Bertz CT molecular complexity index is 1450. The van der Waals surface area contributed by atoms with Gasteiger partial charge in [-0.15, -0.1) is 0 Å². The number of allylic oxidation sites excluding steroid dienone is 2. The Morgan fingerprint density at radius 2 is 1.95 bits per heavy atom. The van der Waals surface area contributed by atoms with E-state index in [0.29, 0.717) is 44.1 Å². The number of phenols is 1. The second-order valence-electron chi connectivity index (χ2n) is 11.7. The maximum Gasteiger partial charge on any atom is 0.455 e. The van der Waals surface area contributed by atoms with E-state index in [1.165, 1.54) is 4.90 Å². The van der Waals surface area contributed by atoms with Gasteiger partial charge in [-0.05, 0) is 98.8 Å². The summed E-state index contributed by atoms with van der Waals surface area (Å²) in [7, 11) is -1.06. The number of amides is 2. The minimum absolute atomic E-state index is 0.0717. The number of rotatable bonds is 11. The lowest BCUT2D eigenvalue weighted by molar-refractivity contribution is -0.141. The molecule has 3 aliphatic rings. The summed E-state index contributed by atoms with van der Waals surface area (Å²) >= 11 is 3.47. The largest absolute Gasteiger partial charge is 0.507 e. The number of hydrogen-bond acceptors (Lipinski definition) is 7. The van der Waals surface area contributed by atoms with Gasteiger partial charge in [0.2, 0.25) is 11.8 Å². The molecule has 0 unspecified atom stereocenters. The Hall–Kier alpha value is -3.28. The highest BCUT2D eigenvalue weighted by atomic mass is 79.9. The lowest BCUT2D eigenvalue weighted by Crippen LogP contribution is -2.46. The van der Waals surface area contributed by atoms with Crippen molar-refractivity contribution in [1.29, 1.82) is 0 Å². The smallest absolute Gasteiger partial charge is 0.455 e. The van der Waals surface area contributed by atoms with Gasteiger partial charge in [0, 0.05) is 29.2 Å². The average Bonchev–Trinajstić information content (AvgIpc) is 3.21. The first-order valence-electron chi connectivity index (χ1n) is 14.8. The summed E-state index contributed by atoms with van der Waals surface area (Å²) in [5.74, 6) is -2.35. The van der Waals surface area contributed by atoms with E-state index in [1.54, 1.807) is 18.3 Å². The fourth-order valence-corrected chi connectivity index (χ4v) is 7.25. The number of aromatic hydroxyl groups is 1. The molecule has 2 aromatic rings. The number of likely N-dealkylation sites (tertiary alicyclic amines) is 1. The van der Waals surface area contributed by atoms with Crippen LogP contribution in [0.4, 0.5) is 0 Å². The van der Waals surface area contributed by atoms with E-state index in [0.717, 1.165) is 26.9 Å². The number of benzene rings is 1. The predicted molar refractivity (Wildman–Crippen MR) is 165 cm³/mol. The molecule has 3 N–H and O–H groups in total. The highest BCUT2D eigenvalue weighted by Gasteiger charge is 2.56. The third-order valence-corrected chi connectivity index (χ3v) is 9.30. The molecular weight excluding hydrogens is 615 g/mol. The van der Waals surface area contributed by atoms with Crippen LogP contribution in [0, 0.1) is 17.8 Å². The van der Waals surface area contributed by atoms with Gasteiger partial charge in [0.25, 0.3) is 0 Å². The van der Waals surface area contributed by atoms with Crippen LogP contribution < -0.4 is 0 Å². The molecule has 3 heterocycles. The zero-order valence-corrected chi connectivity index (χ0v) is 25.7. The summed E-state index contributed by atoms with van der Waals surface area (Å²) in [5, 5.41) is 30.2. The molecule has 226 valence electrons. The Morgan fingerprint density at radius 3 is 2.70 bits per heavy atom. The maximum absolute atomic E-state index is 13.6. The van der Waals surface area contributed by atoms with Crippen LogP contribution in [0.3, 0.4) is 0 Å². The van der Waals surface area contributed by atoms with E-state index in [-0.39, 0.29) is 42.8 Å². The molecule has 2 amide bonds. The summed E-state index contributed by atoms with van der Waals surface area (Å²) in [6.07, 6.45) is 6.74. The normalized spacial score (nSPS) is 23.9. The van der Waals surface area contributed by atoms with E-state index in [9.17, 15) is 24.5 Å². The Labute approximate surface area is 259 Å². The Balaban J connectivity index is 1.35. The number of nitrogens with zero attached hydrogens (tertiary/aromatic N) is 2. The summed E-state index contributed by atoms with van der Waals surface area (Å²) in [5.41, 5.74) is 4.33. The highest BCUT2D eigenvalue weighted by molar-refractivity contribution is 9.10. The van der Waals surface area contributed by atoms with Crippen LogP contribution in [0.25, 0.3) is 11.6 Å². The lowest BCUT2D eigenvalue weighted by Gasteiger charge is -2.42. The molecule has 4 atom stereocenters. The molecule has 1 aliphatic carbocycles. The monoisotopic (exact) mass is 650 g/mol. The van der Waals surface area contributed by atoms with Crippen molar-refractivity contribution in [3.05, 3.63) is 69.5 Å². The molecule has 2 fully saturated rings. The van der Waals surface area contributed by atoms with E-state index >= 15 is 0 Å². The number of aromatic nitrogens is 1. The summed E-state index contributed by atoms with van der Waals surface area (Å²) in [6, 6.07) is 10.9. The van der Waals surface area contributed by atoms with Crippen LogP contribution >= 0.6 is 15.9 Å². The molecule has 5 rings (SSSR count). The van der Waals surface area contributed by atoms with Gasteiger partial charge in [-0.3, -0.25) is 24.3 Å². The number of hydrogen-bond donors (Lipinski definition) is 3. The predicted octanol–water partition coefficient (Wildman–Crippen LogP) is 5.33. The van der Waals surface area contributed by atoms with Crippen LogP contribution in [0.15, 0.2) is 58.2 Å². The quantitative estimate of drug-likeness (QED) is 0.128. The van der Waals surface area contributed by atoms with Crippen LogP contribution in [0.1, 0.15) is 63.1 Å². The Morgan fingerprint density at radius 1 is 1.14 bits per heavy atom. The second-order valence-corrected chi connectivity index (χ2v) is 12.6. The van der Waals surface area contributed by atoms with Gasteiger partial charge in [0.1, 0.15) is 5.75 Å². The fourth-order valence-electron chi connectivity index (χ4n) is 6.87. The first-order valence-corrected chi connectivity index (χ1v) is 15.6. The van der Waals surface area contributed by atoms with Crippen molar-refractivity contribution in [2.75, 3.05) is 6.54 Å². The topological polar surface area (TPSA) is 137 Å². The van der Waals surface area contributed by atoms with Crippen molar-refractivity contribution in [1.82, 2.24) is 9.88 Å². The van der Waals surface area contributed by atoms with Gasteiger partial charge in [-0.25, -0.2) is 0 Å². The molecule has 2 saturated heterocycles. The average molecular weight is 651 g/mol. The van der Waals surface area contributed by atoms with Gasteiger partial charge in [0.15, 0.2) is 0 Å². The van der Waals surface area contributed by atoms with Gasteiger partial charge in [-0.2, -0.15) is 0 Å². The molecule has 0 spiro atoms. The molecule has 0 saturated carbocycles. The van der Waals surface area contributed by atoms with Gasteiger partial charge >= 0.3 is 13.1 Å². The number of carbonyl (C=O) groups is 3. The number of imide groups is 1. The molecule has 9 nitrogen and oxygen atoms in total. The minimum Gasteiger partial charge on any atom is -0.507 e. The molecular formula is C32H36BBrN2O7. The molecule has 1 aromatic heterocycles. The molecule has 1 aromatic carbocycles. The lowest BCUT2D eigenvalue weighted by atomic mass is 9.58. The summed E-state index contributed by atoms with van der Waals surface area (Å²) < 4.78 is 6.92. The van der Waals surface area contributed by atoms with Crippen molar-refractivity contribution in [2.24, 2.45) is 17.8 Å². The second kappa shape index (κ2) is 13.6. The van der Waals surface area contributed by atoms with Crippen LogP contribution in [-0.4, -0.2) is 62.7 Å². The fraction of sp³-hybridized carbons (Fsp3) is 0.438. The zero-order valence-electron chi connectivity index (χ0n) is 24.1. The molecule has 11 heteroatoms. The SMILES string of the molecule is CC1=C2[C@@H](CC/C(=C/c3cc(Br)ccc3O)c3ccccn3)OB(O)C[C@@H]2[C@@H]2C(=O)N(CCCCCC(=O)O)C(=O)[C@@H]2C1. The molecule has 0 radical (unpaired) electrons. The number of aliphatic carboxylic acids is 1. The van der Waals surface area contributed by atoms with E-state index < -0.39 is 31.0 Å². The number of unbranched alkanes of at least 4 members (excludes halogenated alkanes) is 2. The number of carbonyl (C=O) groups excluding carboxylic acids is 2. The zero-order chi connectivity index (χ0) is 30.7. The van der Waals surface area contributed by atoms with Crippen molar-refractivity contribution in [3.63, 3.8) is 0 Å². The third-order valence-electron chi connectivity index (χ3n) is 8.80. The Kier molecular flexibility index (Phi) is 9.83. The van der Waals surface area contributed by atoms with Crippen LogP contribution in [0.5, 0.6) is 5.75 Å². The van der Waals surface area contributed by atoms with E-state index in [4.69, 9.17) is 9.76 Å². The first-order chi connectivity index (χ1) is 20.6. The standard InChI is InChI=1S/C32H36BBrN2O7/c1-19-15-23-30(32(41)36(31(23)40)14-6-2-3-8-28(38)39)24-18-33(42)43-27(29(19)24)12-9-20(25-7-4-5-13-35-25)16-21-17-22(34)10-11-26(21)37/h4-5,7,10-11,13,16-17,23-24,27,30,37,42H,2-3,6,8-9,12,14-15,18H2,1H3,(H,38,39)/b20-16-/t23-,24+,27-,30-/m1/s1. The molecule has 43 heavy (non-hydrogen) atoms. The van der Waals surface area contributed by atoms with E-state index in [2.05, 4.69) is 20.9 Å². The third kappa shape index (κ3) is 6.94. The van der Waals surface area contributed by atoms with E-state index in [1.807, 2.05) is 37.3 Å². The number of phenolic OH excluding ortho intramolecular Hbond substituents is 1. The van der Waals surface area contributed by atoms with Gasteiger partial charge < -0.3 is 19.9 Å².